The van der Waals surface area contributed by atoms with Crippen LogP contribution in [0.2, 0.25) is 0 Å². The van der Waals surface area contributed by atoms with E-state index in [0.717, 1.165) is 5.76 Å². The number of Topliss-reactive ketones (excluding diaryl/α,β-unsaturated/α-hetero) is 1. The van der Waals surface area contributed by atoms with E-state index in [1.807, 2.05) is 6.92 Å². The minimum Gasteiger partial charge on any atom is -0.496 e. The number of carbonyl (C=O) groups is 1. The first kappa shape index (κ1) is 8.27. The number of rotatable bonds is 0. The molecule has 0 saturated heterocycles. The van der Waals surface area contributed by atoms with Gasteiger partial charge in [0.05, 0.1) is 12.4 Å². The predicted molar refractivity (Wildman–Crippen MR) is 40.2 cm³/mol. The van der Waals surface area contributed by atoms with Gasteiger partial charge in [0.15, 0.2) is 5.78 Å². The van der Waals surface area contributed by atoms with Gasteiger partial charge in [-0.15, -0.1) is 0 Å². The number of hydrogen-bond acceptors (Lipinski definition) is 3. The lowest BCUT2D eigenvalue weighted by atomic mass is 10.3. The van der Waals surface area contributed by atoms with Crippen LogP contribution in [-0.2, 0) is 14.3 Å². The Bertz CT molecular complexity index is 172. The van der Waals surface area contributed by atoms with E-state index in [-0.39, 0.29) is 12.4 Å². The summed E-state index contributed by atoms with van der Waals surface area (Å²) in [5, 5.41) is 0. The van der Waals surface area contributed by atoms with Crippen molar-refractivity contribution in [3.05, 3.63) is 11.8 Å². The standard InChI is InChI=1S/C8H12O3/c1-7-2-3-8(9)6-10-4-5-11-7/h2H,3-6H2,1H3/b7-2-. The molecular formula is C8H12O3. The van der Waals surface area contributed by atoms with Crippen LogP contribution < -0.4 is 0 Å². The van der Waals surface area contributed by atoms with Gasteiger partial charge in [-0.2, -0.15) is 0 Å². The highest BCUT2D eigenvalue weighted by atomic mass is 16.5. The van der Waals surface area contributed by atoms with Crippen molar-refractivity contribution in [2.24, 2.45) is 0 Å². The molecule has 0 unspecified atom stereocenters. The van der Waals surface area contributed by atoms with E-state index in [4.69, 9.17) is 9.47 Å². The summed E-state index contributed by atoms with van der Waals surface area (Å²) in [5.74, 6) is 0.915. The SMILES string of the molecule is C/C1=C/CC(=O)COCCO1. The van der Waals surface area contributed by atoms with E-state index >= 15 is 0 Å². The van der Waals surface area contributed by atoms with Crippen molar-refractivity contribution in [3.63, 3.8) is 0 Å². The minimum absolute atomic E-state index is 0.106. The third-order valence-electron chi connectivity index (χ3n) is 1.44. The maximum atomic E-state index is 10.9. The summed E-state index contributed by atoms with van der Waals surface area (Å²) < 4.78 is 10.2. The average Bonchev–Trinajstić information content (AvgIpc) is 2.06. The van der Waals surface area contributed by atoms with E-state index in [2.05, 4.69) is 0 Å². The Hall–Kier alpha value is -0.830. The van der Waals surface area contributed by atoms with Crippen LogP contribution in [0.3, 0.4) is 0 Å². The van der Waals surface area contributed by atoms with Crippen LogP contribution in [-0.4, -0.2) is 25.6 Å². The number of carbonyl (C=O) groups excluding carboxylic acids is 1. The zero-order valence-electron chi connectivity index (χ0n) is 6.63. The second-order valence-electron chi connectivity index (χ2n) is 2.46. The molecule has 62 valence electrons. The van der Waals surface area contributed by atoms with Crippen molar-refractivity contribution in [1.82, 2.24) is 0 Å². The maximum absolute atomic E-state index is 10.9. The van der Waals surface area contributed by atoms with Gasteiger partial charge in [-0.05, 0) is 13.0 Å². The normalized spacial score (nSPS) is 25.5. The van der Waals surface area contributed by atoms with E-state index in [1.165, 1.54) is 0 Å². The minimum atomic E-state index is 0.106. The first-order chi connectivity index (χ1) is 5.29. The summed E-state index contributed by atoms with van der Waals surface area (Å²) >= 11 is 0. The molecule has 11 heavy (non-hydrogen) atoms. The summed E-state index contributed by atoms with van der Waals surface area (Å²) in [5.41, 5.74) is 0. The van der Waals surface area contributed by atoms with Crippen molar-refractivity contribution < 1.29 is 14.3 Å². The van der Waals surface area contributed by atoms with Crippen LogP contribution in [0.5, 0.6) is 0 Å². The molecule has 0 aliphatic carbocycles. The summed E-state index contributed by atoms with van der Waals surface area (Å²) in [6.07, 6.45) is 2.21. The second-order valence-corrected chi connectivity index (χ2v) is 2.46. The lowest BCUT2D eigenvalue weighted by Crippen LogP contribution is -2.09. The van der Waals surface area contributed by atoms with Crippen molar-refractivity contribution in [1.29, 1.82) is 0 Å². The van der Waals surface area contributed by atoms with Gasteiger partial charge >= 0.3 is 0 Å². The monoisotopic (exact) mass is 156 g/mol. The molecule has 1 aliphatic rings. The fourth-order valence-corrected chi connectivity index (χ4v) is 0.823. The number of ketones is 1. The van der Waals surface area contributed by atoms with E-state index < -0.39 is 0 Å². The zero-order valence-corrected chi connectivity index (χ0v) is 6.63. The van der Waals surface area contributed by atoms with Crippen LogP contribution in [0.25, 0.3) is 0 Å². The third kappa shape index (κ3) is 3.18. The fraction of sp³-hybridized carbons (Fsp3) is 0.625. The van der Waals surface area contributed by atoms with Crippen LogP contribution in [0, 0.1) is 0 Å². The molecule has 0 radical (unpaired) electrons. The Morgan fingerprint density at radius 2 is 2.27 bits per heavy atom. The summed E-state index contributed by atoms with van der Waals surface area (Å²) in [4.78, 5) is 10.9. The molecule has 1 rings (SSSR count). The quantitative estimate of drug-likeness (QED) is 0.522. The highest BCUT2D eigenvalue weighted by molar-refractivity contribution is 5.81. The highest BCUT2D eigenvalue weighted by Crippen LogP contribution is 2.01. The number of allylic oxidation sites excluding steroid dienone is 2. The first-order valence-electron chi connectivity index (χ1n) is 3.68. The molecule has 0 N–H and O–H groups in total. The molecule has 3 nitrogen and oxygen atoms in total. The predicted octanol–water partition coefficient (Wildman–Crippen LogP) is 0.896. The van der Waals surface area contributed by atoms with E-state index in [1.54, 1.807) is 6.08 Å². The molecule has 0 saturated carbocycles. The Morgan fingerprint density at radius 3 is 3.09 bits per heavy atom. The lowest BCUT2D eigenvalue weighted by Gasteiger charge is -2.02. The number of hydrogen-bond donors (Lipinski definition) is 0. The van der Waals surface area contributed by atoms with Crippen molar-refractivity contribution >= 4 is 5.78 Å². The third-order valence-corrected chi connectivity index (χ3v) is 1.44. The topological polar surface area (TPSA) is 35.5 Å². The molecule has 1 aliphatic heterocycles. The molecule has 0 fully saturated rings. The largest absolute Gasteiger partial charge is 0.496 e. The van der Waals surface area contributed by atoms with Gasteiger partial charge in [0, 0.05) is 6.42 Å². The summed E-state index contributed by atoms with van der Waals surface area (Å²) in [6, 6.07) is 0. The van der Waals surface area contributed by atoms with Gasteiger partial charge in [0.2, 0.25) is 0 Å². The van der Waals surface area contributed by atoms with Crippen molar-refractivity contribution in [2.75, 3.05) is 19.8 Å². The molecule has 0 spiro atoms. The van der Waals surface area contributed by atoms with Gasteiger partial charge < -0.3 is 9.47 Å². The summed E-state index contributed by atoms with van der Waals surface area (Å²) in [7, 11) is 0. The molecule has 0 aromatic carbocycles. The molecule has 0 aromatic heterocycles. The molecule has 0 atom stereocenters. The van der Waals surface area contributed by atoms with Crippen LogP contribution >= 0.6 is 0 Å². The smallest absolute Gasteiger partial charge is 0.162 e. The van der Waals surface area contributed by atoms with Gasteiger partial charge in [0.1, 0.15) is 13.2 Å². The molecule has 0 bridgehead atoms. The lowest BCUT2D eigenvalue weighted by molar-refractivity contribution is -0.122. The molecule has 0 amide bonds. The second kappa shape index (κ2) is 4.13. The first-order valence-corrected chi connectivity index (χ1v) is 3.68. The molecule has 1 heterocycles. The van der Waals surface area contributed by atoms with Gasteiger partial charge in [-0.1, -0.05) is 0 Å². The van der Waals surface area contributed by atoms with Crippen molar-refractivity contribution in [2.45, 2.75) is 13.3 Å². The zero-order chi connectivity index (χ0) is 8.10. The Kier molecular flexibility index (Phi) is 3.11. The molecule has 3 heteroatoms. The highest BCUT2D eigenvalue weighted by Gasteiger charge is 2.03. The van der Waals surface area contributed by atoms with Crippen LogP contribution in [0.1, 0.15) is 13.3 Å². The summed E-state index contributed by atoms with van der Waals surface area (Å²) in [6.45, 7) is 3.10. The number of ether oxygens (including phenoxy) is 2. The van der Waals surface area contributed by atoms with Gasteiger partial charge in [-0.3, -0.25) is 4.79 Å². The Balaban J connectivity index is 2.46. The molecule has 0 aromatic rings. The van der Waals surface area contributed by atoms with E-state index in [9.17, 15) is 4.79 Å². The van der Waals surface area contributed by atoms with Gasteiger partial charge in [0.25, 0.3) is 0 Å². The van der Waals surface area contributed by atoms with Crippen molar-refractivity contribution in [3.8, 4) is 0 Å². The van der Waals surface area contributed by atoms with Crippen LogP contribution in [0.15, 0.2) is 11.8 Å². The Labute approximate surface area is 66.0 Å². The Morgan fingerprint density at radius 1 is 1.45 bits per heavy atom. The average molecular weight is 156 g/mol. The maximum Gasteiger partial charge on any atom is 0.162 e. The van der Waals surface area contributed by atoms with Crippen LogP contribution in [0.4, 0.5) is 0 Å². The van der Waals surface area contributed by atoms with Gasteiger partial charge in [-0.25, -0.2) is 0 Å². The fourth-order valence-electron chi connectivity index (χ4n) is 0.823. The van der Waals surface area contributed by atoms with E-state index in [0.29, 0.717) is 19.6 Å². The molecular weight excluding hydrogens is 144 g/mol.